The highest BCUT2D eigenvalue weighted by atomic mass is 16.1. The number of aryl methyl sites for hydroxylation is 2. The molecule has 0 N–H and O–H groups in total. The van der Waals surface area contributed by atoms with E-state index in [9.17, 15) is 4.79 Å². The van der Waals surface area contributed by atoms with Gasteiger partial charge < -0.3 is 9.47 Å². The van der Waals surface area contributed by atoms with Crippen LogP contribution >= 0.6 is 0 Å². The molecule has 0 atom stereocenters. The van der Waals surface area contributed by atoms with E-state index in [1.165, 1.54) is 27.7 Å². The third kappa shape index (κ3) is 5.68. The van der Waals surface area contributed by atoms with Gasteiger partial charge in [-0.3, -0.25) is 4.79 Å². The fourth-order valence-corrected chi connectivity index (χ4v) is 3.87. The van der Waals surface area contributed by atoms with Gasteiger partial charge in [-0.2, -0.15) is 0 Å². The van der Waals surface area contributed by atoms with Crippen LogP contribution in [0.5, 0.6) is 0 Å². The second-order valence-electron chi connectivity index (χ2n) is 7.96. The molecule has 0 aliphatic rings. The van der Waals surface area contributed by atoms with Crippen LogP contribution in [0.15, 0.2) is 60.7 Å². The number of carbonyl (C=O) groups is 1. The number of fused-ring (bicyclic) bond motifs is 1. The lowest BCUT2D eigenvalue weighted by Crippen LogP contribution is -2.15. The van der Waals surface area contributed by atoms with Crippen molar-refractivity contribution in [1.29, 1.82) is 0 Å². The van der Waals surface area contributed by atoms with Crippen molar-refractivity contribution in [3.63, 3.8) is 0 Å². The van der Waals surface area contributed by atoms with Crippen molar-refractivity contribution in [2.45, 2.75) is 39.2 Å². The average molecular weight is 389 g/mol. The van der Waals surface area contributed by atoms with E-state index in [1.54, 1.807) is 6.08 Å². The number of para-hydroxylation sites is 1. The van der Waals surface area contributed by atoms with Crippen LogP contribution in [0.4, 0.5) is 0 Å². The number of ketones is 1. The monoisotopic (exact) mass is 388 g/mol. The minimum absolute atomic E-state index is 0.199. The molecule has 0 saturated heterocycles. The van der Waals surface area contributed by atoms with Gasteiger partial charge in [-0.05, 0) is 70.6 Å². The second-order valence-corrected chi connectivity index (χ2v) is 7.96. The molecule has 3 nitrogen and oxygen atoms in total. The van der Waals surface area contributed by atoms with E-state index in [2.05, 4.69) is 66.9 Å². The number of allylic oxidation sites excluding steroid dienone is 1. The molecule has 0 bridgehead atoms. The van der Waals surface area contributed by atoms with Gasteiger partial charge in [0, 0.05) is 35.1 Å². The van der Waals surface area contributed by atoms with E-state index in [0.29, 0.717) is 6.42 Å². The lowest BCUT2D eigenvalue weighted by molar-refractivity contribution is -0.114. The largest absolute Gasteiger partial charge is 0.344 e. The summed E-state index contributed by atoms with van der Waals surface area (Å²) >= 11 is 0. The van der Waals surface area contributed by atoms with E-state index < -0.39 is 0 Å². The topological polar surface area (TPSA) is 25.2 Å². The zero-order valence-electron chi connectivity index (χ0n) is 17.9. The number of nitrogens with zero attached hydrogens (tertiary/aromatic N) is 2. The van der Waals surface area contributed by atoms with Gasteiger partial charge in [0.2, 0.25) is 0 Å². The van der Waals surface area contributed by atoms with Crippen molar-refractivity contribution in [1.82, 2.24) is 9.47 Å². The molecule has 2 aromatic carbocycles. The number of hydrogen-bond donors (Lipinski definition) is 0. The Hall–Kier alpha value is -2.65. The van der Waals surface area contributed by atoms with Crippen molar-refractivity contribution in [3.8, 4) is 0 Å². The Bertz CT molecular complexity index is 967. The summed E-state index contributed by atoms with van der Waals surface area (Å²) in [5.74, 6) is 0.199. The molecular formula is C26H32N2O. The van der Waals surface area contributed by atoms with Crippen LogP contribution in [0, 0.1) is 6.92 Å². The fraction of sp³-hybridized carbons (Fsp3) is 0.346. The van der Waals surface area contributed by atoms with E-state index >= 15 is 0 Å². The summed E-state index contributed by atoms with van der Waals surface area (Å²) in [6.07, 6.45) is 7.32. The summed E-state index contributed by atoms with van der Waals surface area (Å²) in [5, 5.41) is 1.23. The van der Waals surface area contributed by atoms with Crippen LogP contribution in [0.2, 0.25) is 0 Å². The molecule has 3 heteroatoms. The second kappa shape index (κ2) is 10.2. The minimum atomic E-state index is 0.199. The predicted octanol–water partition coefficient (Wildman–Crippen LogP) is 5.51. The summed E-state index contributed by atoms with van der Waals surface area (Å²) in [6.45, 7) is 4.22. The quantitative estimate of drug-likeness (QED) is 0.428. The van der Waals surface area contributed by atoms with Gasteiger partial charge >= 0.3 is 0 Å². The Morgan fingerprint density at radius 1 is 1.00 bits per heavy atom. The fourth-order valence-electron chi connectivity index (χ4n) is 3.87. The van der Waals surface area contributed by atoms with Gasteiger partial charge in [0.1, 0.15) is 0 Å². The molecule has 0 saturated carbocycles. The van der Waals surface area contributed by atoms with E-state index in [1.807, 2.05) is 24.3 Å². The van der Waals surface area contributed by atoms with Crippen LogP contribution in [0.3, 0.4) is 0 Å². The maximum Gasteiger partial charge on any atom is 0.155 e. The molecule has 29 heavy (non-hydrogen) atoms. The summed E-state index contributed by atoms with van der Waals surface area (Å²) < 4.78 is 2.39. The molecule has 0 aliphatic carbocycles. The number of hydrogen-bond acceptors (Lipinski definition) is 2. The number of benzene rings is 2. The van der Waals surface area contributed by atoms with Crippen LogP contribution in [-0.4, -0.2) is 35.9 Å². The first-order valence-electron chi connectivity index (χ1n) is 10.5. The van der Waals surface area contributed by atoms with Gasteiger partial charge in [0.15, 0.2) is 5.78 Å². The molecule has 0 spiro atoms. The summed E-state index contributed by atoms with van der Waals surface area (Å²) in [7, 11) is 4.22. The van der Waals surface area contributed by atoms with Gasteiger partial charge in [0.25, 0.3) is 0 Å². The maximum atomic E-state index is 12.4. The Morgan fingerprint density at radius 2 is 1.72 bits per heavy atom. The molecule has 0 amide bonds. The Balaban J connectivity index is 1.68. The first-order valence-corrected chi connectivity index (χ1v) is 10.5. The lowest BCUT2D eigenvalue weighted by Gasteiger charge is -2.12. The lowest BCUT2D eigenvalue weighted by atomic mass is 10.1. The first-order chi connectivity index (χ1) is 14.1. The zero-order valence-corrected chi connectivity index (χ0v) is 17.9. The van der Waals surface area contributed by atoms with Crippen molar-refractivity contribution >= 4 is 22.8 Å². The molecule has 0 aliphatic heterocycles. The molecule has 3 aromatic rings. The maximum absolute atomic E-state index is 12.4. The third-order valence-corrected chi connectivity index (χ3v) is 5.43. The normalized spacial score (nSPS) is 11.7. The zero-order chi connectivity index (χ0) is 20.6. The Kier molecular flexibility index (Phi) is 7.42. The molecule has 1 heterocycles. The molecule has 0 radical (unpaired) electrons. The van der Waals surface area contributed by atoms with Gasteiger partial charge in [-0.1, -0.05) is 48.5 Å². The van der Waals surface area contributed by atoms with Gasteiger partial charge in [-0.15, -0.1) is 0 Å². The van der Waals surface area contributed by atoms with Crippen LogP contribution in [0.25, 0.3) is 17.0 Å². The standard InChI is InChI=1S/C26H32N2O/c1-21-24(18-17-23(29)14-9-13-22-11-5-4-6-12-22)25-15-7-8-16-26(25)28(21)20-10-19-27(2)3/h4-8,11-12,15-18H,9-10,13-14,19-20H2,1-3H3/b18-17+. The van der Waals surface area contributed by atoms with Crippen LogP contribution in [-0.2, 0) is 17.8 Å². The van der Waals surface area contributed by atoms with Crippen molar-refractivity contribution in [2.75, 3.05) is 20.6 Å². The molecule has 3 rings (SSSR count). The third-order valence-electron chi connectivity index (χ3n) is 5.43. The Labute approximate surface area is 174 Å². The van der Waals surface area contributed by atoms with E-state index in [4.69, 9.17) is 0 Å². The average Bonchev–Trinajstić information content (AvgIpc) is 2.98. The summed E-state index contributed by atoms with van der Waals surface area (Å²) in [4.78, 5) is 14.6. The van der Waals surface area contributed by atoms with Crippen LogP contribution in [0.1, 0.15) is 36.1 Å². The molecule has 0 fully saturated rings. The minimum Gasteiger partial charge on any atom is -0.344 e. The molecule has 152 valence electrons. The SMILES string of the molecule is Cc1c(/C=C/C(=O)CCCc2ccccc2)c2ccccc2n1CCCN(C)C. The summed E-state index contributed by atoms with van der Waals surface area (Å²) in [5.41, 5.74) is 4.95. The molecule has 0 unspecified atom stereocenters. The van der Waals surface area contributed by atoms with Crippen molar-refractivity contribution in [2.24, 2.45) is 0 Å². The van der Waals surface area contributed by atoms with Crippen LogP contribution < -0.4 is 0 Å². The number of rotatable bonds is 10. The first kappa shape index (κ1) is 21.1. The van der Waals surface area contributed by atoms with Gasteiger partial charge in [-0.25, -0.2) is 0 Å². The molecular weight excluding hydrogens is 356 g/mol. The smallest absolute Gasteiger partial charge is 0.155 e. The highest BCUT2D eigenvalue weighted by Gasteiger charge is 2.12. The highest BCUT2D eigenvalue weighted by molar-refractivity contribution is 5.98. The summed E-state index contributed by atoms with van der Waals surface area (Å²) in [6, 6.07) is 18.9. The Morgan fingerprint density at radius 3 is 2.48 bits per heavy atom. The van der Waals surface area contributed by atoms with Crippen molar-refractivity contribution in [3.05, 3.63) is 77.5 Å². The number of aromatic nitrogens is 1. The highest BCUT2D eigenvalue weighted by Crippen LogP contribution is 2.27. The number of carbonyl (C=O) groups excluding carboxylic acids is 1. The van der Waals surface area contributed by atoms with Crippen molar-refractivity contribution < 1.29 is 4.79 Å². The van der Waals surface area contributed by atoms with Gasteiger partial charge in [0.05, 0.1) is 0 Å². The van der Waals surface area contributed by atoms with E-state index in [-0.39, 0.29) is 5.78 Å². The van der Waals surface area contributed by atoms with E-state index in [0.717, 1.165) is 32.4 Å². The predicted molar refractivity (Wildman–Crippen MR) is 123 cm³/mol. The molecule has 1 aromatic heterocycles.